The van der Waals surface area contributed by atoms with E-state index in [1.807, 2.05) is 0 Å². The molecule has 25 heavy (non-hydrogen) atoms. The van der Waals surface area contributed by atoms with Gasteiger partial charge in [-0.2, -0.15) is 18.3 Å². The zero-order valence-electron chi connectivity index (χ0n) is 14.0. The molecule has 9 heteroatoms. The molecule has 136 valence electrons. The zero-order chi connectivity index (χ0) is 18.4. The number of carbonyl (C=O) groups is 1. The van der Waals surface area contributed by atoms with Crippen LogP contribution in [0.1, 0.15) is 55.5 Å². The van der Waals surface area contributed by atoms with Gasteiger partial charge < -0.3 is 15.1 Å². The molecule has 2 aromatic heterocycles. The molecular formula is C16H19F3N4O2. The molecule has 1 aliphatic rings. The number of hydrogen-bond donors (Lipinski definition) is 2. The average Bonchev–Trinajstić information content (AvgIpc) is 3.12. The second-order valence-electron chi connectivity index (χ2n) is 7.07. The number of hydrogen-bond acceptors (Lipinski definition) is 4. The maximum absolute atomic E-state index is 13.5. The van der Waals surface area contributed by atoms with Gasteiger partial charge in [-0.25, -0.2) is 4.68 Å². The summed E-state index contributed by atoms with van der Waals surface area (Å²) in [7, 11) is 0. The maximum Gasteiger partial charge on any atom is 0.410 e. The standard InChI is InChI=1S/C16H19F3N4O2/c1-15(2,3)21-14(24)10-8-13-20-9(11-5-4-6-25-11)7-12(16(17,18)19)23(13)22-10/h4-6,8-9,12,20H,7H2,1-3H3,(H,21,24)/t9-,12+/m1/s1. The van der Waals surface area contributed by atoms with E-state index in [0.29, 0.717) is 5.76 Å². The summed E-state index contributed by atoms with van der Waals surface area (Å²) in [5, 5.41) is 9.55. The minimum atomic E-state index is -4.49. The van der Waals surface area contributed by atoms with Crippen molar-refractivity contribution in [1.82, 2.24) is 15.1 Å². The summed E-state index contributed by atoms with van der Waals surface area (Å²) in [4.78, 5) is 12.2. The van der Waals surface area contributed by atoms with Gasteiger partial charge in [0.1, 0.15) is 11.6 Å². The number of nitrogens with zero attached hydrogens (tertiary/aromatic N) is 2. The number of rotatable bonds is 2. The Morgan fingerprint density at radius 1 is 1.40 bits per heavy atom. The third-order valence-corrected chi connectivity index (χ3v) is 3.80. The molecule has 0 saturated carbocycles. The Bertz CT molecular complexity index is 759. The van der Waals surface area contributed by atoms with Gasteiger partial charge >= 0.3 is 6.18 Å². The van der Waals surface area contributed by atoms with Crippen LogP contribution in [0.15, 0.2) is 28.9 Å². The van der Waals surface area contributed by atoms with Crippen LogP contribution in [0.3, 0.4) is 0 Å². The van der Waals surface area contributed by atoms with Crippen molar-refractivity contribution in [3.05, 3.63) is 35.9 Å². The molecule has 0 aromatic carbocycles. The van der Waals surface area contributed by atoms with Crippen molar-refractivity contribution in [3.63, 3.8) is 0 Å². The molecule has 3 rings (SSSR count). The number of furan rings is 1. The lowest BCUT2D eigenvalue weighted by Gasteiger charge is -2.32. The smallest absolute Gasteiger partial charge is 0.410 e. The number of amides is 1. The van der Waals surface area contributed by atoms with Gasteiger partial charge in [-0.1, -0.05) is 0 Å². The van der Waals surface area contributed by atoms with Gasteiger partial charge in [0.25, 0.3) is 5.91 Å². The molecule has 2 aromatic rings. The number of anilines is 1. The summed E-state index contributed by atoms with van der Waals surface area (Å²) in [5.41, 5.74) is -0.582. The predicted molar refractivity (Wildman–Crippen MR) is 84.2 cm³/mol. The highest BCUT2D eigenvalue weighted by atomic mass is 19.4. The second kappa shape index (κ2) is 5.82. The fraction of sp³-hybridized carbons (Fsp3) is 0.500. The number of aromatic nitrogens is 2. The molecular weight excluding hydrogens is 337 g/mol. The summed E-state index contributed by atoms with van der Waals surface area (Å²) < 4.78 is 46.6. The van der Waals surface area contributed by atoms with Gasteiger partial charge in [-0.15, -0.1) is 0 Å². The molecule has 2 N–H and O–H groups in total. The number of carbonyl (C=O) groups excluding carboxylic acids is 1. The summed E-state index contributed by atoms with van der Waals surface area (Å²) in [5.74, 6) is 0.0168. The highest BCUT2D eigenvalue weighted by Gasteiger charge is 2.47. The first-order valence-corrected chi connectivity index (χ1v) is 7.83. The van der Waals surface area contributed by atoms with E-state index < -0.39 is 29.7 Å². The number of alkyl halides is 3. The van der Waals surface area contributed by atoms with E-state index in [0.717, 1.165) is 4.68 Å². The van der Waals surface area contributed by atoms with Gasteiger partial charge in [-0.3, -0.25) is 4.79 Å². The number of nitrogens with one attached hydrogen (secondary N) is 2. The minimum Gasteiger partial charge on any atom is -0.467 e. The molecule has 0 saturated heterocycles. The predicted octanol–water partition coefficient (Wildman–Crippen LogP) is 3.66. The number of halogens is 3. The third kappa shape index (κ3) is 3.64. The van der Waals surface area contributed by atoms with Crippen LogP contribution in [0, 0.1) is 0 Å². The van der Waals surface area contributed by atoms with Crippen molar-refractivity contribution in [2.24, 2.45) is 0 Å². The topological polar surface area (TPSA) is 72.1 Å². The highest BCUT2D eigenvalue weighted by Crippen LogP contribution is 2.43. The van der Waals surface area contributed by atoms with E-state index in [9.17, 15) is 18.0 Å². The molecule has 2 atom stereocenters. The Labute approximate surface area is 142 Å². The van der Waals surface area contributed by atoms with Gasteiger partial charge in [0.15, 0.2) is 11.7 Å². The molecule has 0 spiro atoms. The van der Waals surface area contributed by atoms with E-state index in [1.54, 1.807) is 32.9 Å². The van der Waals surface area contributed by atoms with Gasteiger partial charge in [-0.05, 0) is 32.9 Å². The minimum absolute atomic E-state index is 0.0632. The van der Waals surface area contributed by atoms with Crippen molar-refractivity contribution in [3.8, 4) is 0 Å². The van der Waals surface area contributed by atoms with E-state index in [4.69, 9.17) is 4.42 Å². The Kier molecular flexibility index (Phi) is 4.04. The van der Waals surface area contributed by atoms with Crippen molar-refractivity contribution in [1.29, 1.82) is 0 Å². The van der Waals surface area contributed by atoms with Gasteiger partial charge in [0.05, 0.1) is 12.3 Å². The van der Waals surface area contributed by atoms with Gasteiger partial charge in [0, 0.05) is 18.0 Å². The summed E-state index contributed by atoms with van der Waals surface area (Å²) >= 11 is 0. The molecule has 6 nitrogen and oxygen atoms in total. The third-order valence-electron chi connectivity index (χ3n) is 3.80. The summed E-state index contributed by atoms with van der Waals surface area (Å²) in [6.45, 7) is 5.35. The van der Waals surface area contributed by atoms with E-state index in [-0.39, 0.29) is 17.9 Å². The first kappa shape index (κ1) is 17.4. The van der Waals surface area contributed by atoms with Crippen LogP contribution in [0.2, 0.25) is 0 Å². The molecule has 1 amide bonds. The van der Waals surface area contributed by atoms with E-state index in [1.165, 1.54) is 12.3 Å². The first-order valence-electron chi connectivity index (χ1n) is 7.83. The Morgan fingerprint density at radius 3 is 2.68 bits per heavy atom. The lowest BCUT2D eigenvalue weighted by Crippen LogP contribution is -2.41. The lowest BCUT2D eigenvalue weighted by atomic mass is 10.0. The van der Waals surface area contributed by atoms with Crippen molar-refractivity contribution < 1.29 is 22.4 Å². The van der Waals surface area contributed by atoms with Crippen molar-refractivity contribution in [2.45, 2.75) is 51.0 Å². The van der Waals surface area contributed by atoms with Crippen molar-refractivity contribution in [2.75, 3.05) is 5.32 Å². The Morgan fingerprint density at radius 2 is 2.12 bits per heavy atom. The van der Waals surface area contributed by atoms with Crippen LogP contribution in [0.4, 0.5) is 19.0 Å². The quantitative estimate of drug-likeness (QED) is 0.861. The van der Waals surface area contributed by atoms with Crippen LogP contribution in [0.5, 0.6) is 0 Å². The summed E-state index contributed by atoms with van der Waals surface area (Å²) in [6.07, 6.45) is -3.36. The number of fused-ring (bicyclic) bond motifs is 1. The molecule has 1 aliphatic heterocycles. The lowest BCUT2D eigenvalue weighted by molar-refractivity contribution is -0.174. The Balaban J connectivity index is 1.95. The normalized spacial score (nSPS) is 20.7. The maximum atomic E-state index is 13.5. The van der Waals surface area contributed by atoms with E-state index in [2.05, 4.69) is 15.7 Å². The van der Waals surface area contributed by atoms with Crippen LogP contribution >= 0.6 is 0 Å². The zero-order valence-corrected chi connectivity index (χ0v) is 14.0. The van der Waals surface area contributed by atoms with Gasteiger partial charge in [0.2, 0.25) is 0 Å². The highest BCUT2D eigenvalue weighted by molar-refractivity contribution is 5.93. The fourth-order valence-electron chi connectivity index (χ4n) is 2.77. The molecule has 0 unspecified atom stereocenters. The molecule has 0 aliphatic carbocycles. The SMILES string of the molecule is CC(C)(C)NC(=O)c1cc2n(n1)[C@H](C(F)(F)F)C[C@H](c1ccco1)N2. The molecule has 0 radical (unpaired) electrons. The average molecular weight is 356 g/mol. The van der Waals surface area contributed by atoms with Crippen LogP contribution in [-0.2, 0) is 0 Å². The van der Waals surface area contributed by atoms with Crippen LogP contribution in [0.25, 0.3) is 0 Å². The molecule has 0 fully saturated rings. The molecule has 3 heterocycles. The van der Waals surface area contributed by atoms with Crippen molar-refractivity contribution >= 4 is 11.7 Å². The monoisotopic (exact) mass is 356 g/mol. The molecule has 0 bridgehead atoms. The summed E-state index contributed by atoms with van der Waals surface area (Å²) in [6, 6.07) is 2.08. The van der Waals surface area contributed by atoms with Crippen LogP contribution in [-0.4, -0.2) is 27.4 Å². The first-order chi connectivity index (χ1) is 11.5. The fourth-order valence-corrected chi connectivity index (χ4v) is 2.77. The van der Waals surface area contributed by atoms with Crippen LogP contribution < -0.4 is 10.6 Å². The Hall–Kier alpha value is -2.45. The second-order valence-corrected chi connectivity index (χ2v) is 7.07. The van der Waals surface area contributed by atoms with E-state index >= 15 is 0 Å². The largest absolute Gasteiger partial charge is 0.467 e.